The molecule has 0 fully saturated rings. The highest BCUT2D eigenvalue weighted by atomic mass is 16.7. The van der Waals surface area contributed by atoms with E-state index < -0.39 is 18.3 Å². The number of esters is 1. The van der Waals surface area contributed by atoms with Gasteiger partial charge in [0.1, 0.15) is 17.3 Å². The standard InChI is InChI=1S/C17H10O8/c18-15-13-8-11(24-17(21)22)5-6-12(13)14(25-15)7-9-1-3-10(4-2-9)23-16(19)20/h1-8H,(H,19,20)(H,21,22). The van der Waals surface area contributed by atoms with Gasteiger partial charge in [-0.25, -0.2) is 14.4 Å². The van der Waals surface area contributed by atoms with Gasteiger partial charge in [-0.15, -0.1) is 0 Å². The van der Waals surface area contributed by atoms with Crippen LogP contribution in [0.1, 0.15) is 21.5 Å². The van der Waals surface area contributed by atoms with Gasteiger partial charge in [0, 0.05) is 5.56 Å². The number of carbonyl (C=O) groups excluding carboxylic acids is 1. The lowest BCUT2D eigenvalue weighted by molar-refractivity contribution is 0.0716. The Balaban J connectivity index is 1.88. The molecule has 0 aliphatic carbocycles. The van der Waals surface area contributed by atoms with Crippen LogP contribution in [0.15, 0.2) is 42.5 Å². The molecule has 1 heterocycles. The Morgan fingerprint density at radius 1 is 0.880 bits per heavy atom. The molecule has 8 nitrogen and oxygen atoms in total. The topological polar surface area (TPSA) is 119 Å². The summed E-state index contributed by atoms with van der Waals surface area (Å²) in [5.74, 6) is -0.162. The van der Waals surface area contributed by atoms with E-state index in [1.54, 1.807) is 18.2 Å². The van der Waals surface area contributed by atoms with Gasteiger partial charge in [-0.1, -0.05) is 12.1 Å². The van der Waals surface area contributed by atoms with Crippen LogP contribution in [0.3, 0.4) is 0 Å². The lowest BCUT2D eigenvalue weighted by Crippen LogP contribution is -2.03. The van der Waals surface area contributed by atoms with Crippen molar-refractivity contribution in [2.45, 2.75) is 0 Å². The predicted octanol–water partition coefficient (Wildman–Crippen LogP) is 3.47. The summed E-state index contributed by atoms with van der Waals surface area (Å²) in [4.78, 5) is 32.9. The van der Waals surface area contributed by atoms with Gasteiger partial charge >= 0.3 is 18.3 Å². The van der Waals surface area contributed by atoms with Crippen molar-refractivity contribution >= 4 is 30.1 Å². The van der Waals surface area contributed by atoms with E-state index in [1.807, 2.05) is 0 Å². The molecule has 25 heavy (non-hydrogen) atoms. The maximum absolute atomic E-state index is 11.9. The molecular weight excluding hydrogens is 332 g/mol. The zero-order valence-corrected chi connectivity index (χ0v) is 12.5. The minimum atomic E-state index is -1.48. The highest BCUT2D eigenvalue weighted by molar-refractivity contribution is 6.06. The summed E-state index contributed by atoms with van der Waals surface area (Å²) >= 11 is 0. The van der Waals surface area contributed by atoms with Crippen LogP contribution in [-0.2, 0) is 4.74 Å². The Kier molecular flexibility index (Phi) is 4.09. The second-order valence-corrected chi connectivity index (χ2v) is 4.91. The SMILES string of the molecule is O=C(O)Oc1ccc(C=C2OC(=O)c3cc(OC(=O)O)ccc32)cc1. The number of hydrogen-bond acceptors (Lipinski definition) is 6. The Bertz CT molecular complexity index is 895. The Morgan fingerprint density at radius 3 is 2.12 bits per heavy atom. The molecule has 126 valence electrons. The van der Waals surface area contributed by atoms with Gasteiger partial charge in [-0.3, -0.25) is 0 Å². The summed E-state index contributed by atoms with van der Waals surface area (Å²) < 4.78 is 14.2. The molecule has 2 aromatic rings. The molecule has 0 radical (unpaired) electrons. The molecule has 2 N–H and O–H groups in total. The smallest absolute Gasteiger partial charge is 0.449 e. The van der Waals surface area contributed by atoms with Crippen LogP contribution < -0.4 is 9.47 Å². The average molecular weight is 342 g/mol. The van der Waals surface area contributed by atoms with Gasteiger partial charge in [0.15, 0.2) is 0 Å². The molecule has 0 bridgehead atoms. The molecule has 0 atom stereocenters. The third-order valence-electron chi connectivity index (χ3n) is 3.27. The van der Waals surface area contributed by atoms with Crippen LogP contribution in [0.4, 0.5) is 9.59 Å². The lowest BCUT2D eigenvalue weighted by atomic mass is 10.1. The summed E-state index contributed by atoms with van der Waals surface area (Å²) in [5, 5.41) is 17.2. The second kappa shape index (κ2) is 6.36. The quantitative estimate of drug-likeness (QED) is 0.643. The number of rotatable bonds is 3. The first-order valence-corrected chi connectivity index (χ1v) is 6.92. The van der Waals surface area contributed by atoms with E-state index in [4.69, 9.17) is 14.9 Å². The van der Waals surface area contributed by atoms with Crippen LogP contribution in [0.25, 0.3) is 11.8 Å². The highest BCUT2D eigenvalue weighted by Crippen LogP contribution is 2.34. The van der Waals surface area contributed by atoms with Gasteiger partial charge in [0.2, 0.25) is 0 Å². The third-order valence-corrected chi connectivity index (χ3v) is 3.27. The van der Waals surface area contributed by atoms with Gasteiger partial charge < -0.3 is 24.4 Å². The number of hydrogen-bond donors (Lipinski definition) is 2. The Morgan fingerprint density at radius 2 is 1.48 bits per heavy atom. The fourth-order valence-electron chi connectivity index (χ4n) is 2.27. The molecule has 2 aromatic carbocycles. The molecule has 0 aromatic heterocycles. The van der Waals surface area contributed by atoms with Crippen LogP contribution in [0, 0.1) is 0 Å². The third kappa shape index (κ3) is 3.58. The molecule has 1 aliphatic heterocycles. The van der Waals surface area contributed by atoms with E-state index in [0.29, 0.717) is 11.1 Å². The zero-order chi connectivity index (χ0) is 18.0. The largest absolute Gasteiger partial charge is 0.511 e. The van der Waals surface area contributed by atoms with Crippen molar-refractivity contribution < 1.29 is 38.8 Å². The number of cyclic esters (lactones) is 1. The number of fused-ring (bicyclic) bond motifs is 1. The second-order valence-electron chi connectivity index (χ2n) is 4.91. The number of benzene rings is 2. The lowest BCUT2D eigenvalue weighted by Gasteiger charge is -2.02. The van der Waals surface area contributed by atoms with Crippen molar-refractivity contribution in [3.8, 4) is 11.5 Å². The average Bonchev–Trinajstić information content (AvgIpc) is 2.84. The fourth-order valence-corrected chi connectivity index (χ4v) is 2.27. The first kappa shape index (κ1) is 16.1. The normalized spacial score (nSPS) is 13.9. The first-order chi connectivity index (χ1) is 11.9. The Labute approximate surface area is 140 Å². The summed E-state index contributed by atoms with van der Waals surface area (Å²) in [6.45, 7) is 0. The van der Waals surface area contributed by atoms with Crippen LogP contribution >= 0.6 is 0 Å². The van der Waals surface area contributed by atoms with Crippen LogP contribution in [0.2, 0.25) is 0 Å². The molecule has 0 spiro atoms. The van der Waals surface area contributed by atoms with Crippen LogP contribution in [-0.4, -0.2) is 28.5 Å². The van der Waals surface area contributed by atoms with E-state index in [0.717, 1.165) is 0 Å². The number of carbonyl (C=O) groups is 3. The molecule has 0 unspecified atom stereocenters. The zero-order valence-electron chi connectivity index (χ0n) is 12.5. The van der Waals surface area contributed by atoms with E-state index in [9.17, 15) is 14.4 Å². The van der Waals surface area contributed by atoms with Crippen molar-refractivity contribution in [2.75, 3.05) is 0 Å². The minimum Gasteiger partial charge on any atom is -0.449 e. The molecule has 1 aliphatic rings. The van der Waals surface area contributed by atoms with E-state index in [1.165, 1.54) is 30.3 Å². The molecule has 8 heteroatoms. The molecular formula is C17H10O8. The van der Waals surface area contributed by atoms with E-state index >= 15 is 0 Å². The summed E-state index contributed by atoms with van der Waals surface area (Å²) in [6.07, 6.45) is -1.30. The van der Waals surface area contributed by atoms with Gasteiger partial charge in [0.05, 0.1) is 5.56 Å². The summed E-state index contributed by atoms with van der Waals surface area (Å²) in [6, 6.07) is 10.3. The molecule has 0 amide bonds. The molecule has 0 saturated carbocycles. The maximum Gasteiger partial charge on any atom is 0.511 e. The van der Waals surface area contributed by atoms with Gasteiger partial charge in [-0.05, 0) is 42.0 Å². The monoisotopic (exact) mass is 342 g/mol. The summed E-state index contributed by atoms with van der Waals surface area (Å²) in [7, 11) is 0. The molecule has 0 saturated heterocycles. The van der Waals surface area contributed by atoms with E-state index in [-0.39, 0.29) is 22.8 Å². The number of ether oxygens (including phenoxy) is 3. The number of carboxylic acid groups (broad SMARTS) is 2. The van der Waals surface area contributed by atoms with Gasteiger partial charge in [0.25, 0.3) is 0 Å². The van der Waals surface area contributed by atoms with Crippen LogP contribution in [0.5, 0.6) is 11.5 Å². The van der Waals surface area contributed by atoms with Crippen molar-refractivity contribution in [1.29, 1.82) is 0 Å². The van der Waals surface area contributed by atoms with Crippen molar-refractivity contribution in [1.82, 2.24) is 0 Å². The predicted molar refractivity (Wildman–Crippen MR) is 83.5 cm³/mol. The molecule has 3 rings (SSSR count). The minimum absolute atomic E-state index is 0.0135. The van der Waals surface area contributed by atoms with Gasteiger partial charge in [-0.2, -0.15) is 0 Å². The highest BCUT2D eigenvalue weighted by Gasteiger charge is 2.27. The van der Waals surface area contributed by atoms with Crippen molar-refractivity contribution in [3.63, 3.8) is 0 Å². The summed E-state index contributed by atoms with van der Waals surface area (Å²) in [5.41, 5.74) is 1.34. The van der Waals surface area contributed by atoms with Crippen molar-refractivity contribution in [2.24, 2.45) is 0 Å². The first-order valence-electron chi connectivity index (χ1n) is 6.92. The Hall–Kier alpha value is -3.81. The van der Waals surface area contributed by atoms with E-state index in [2.05, 4.69) is 9.47 Å². The maximum atomic E-state index is 11.9. The van der Waals surface area contributed by atoms with Crippen molar-refractivity contribution in [3.05, 3.63) is 59.2 Å². The fraction of sp³-hybridized carbons (Fsp3) is 0.